The standard InChI is InChI=1S/C23H23NO3/c1-15-19(14-20(23(25)24-2)22(27-4)21(15)26-3)18-13-9-8-12-17(18)16-10-6-5-7-11-16/h5-14H,1-4H3,(H,24,25). The minimum absolute atomic E-state index is 0.219. The van der Waals surface area contributed by atoms with Crippen LogP contribution in [0, 0.1) is 6.92 Å². The predicted octanol–water partition coefficient (Wildman–Crippen LogP) is 4.71. The van der Waals surface area contributed by atoms with Gasteiger partial charge < -0.3 is 14.8 Å². The molecule has 27 heavy (non-hydrogen) atoms. The first-order chi connectivity index (χ1) is 13.1. The highest BCUT2D eigenvalue weighted by molar-refractivity contribution is 6.00. The topological polar surface area (TPSA) is 47.6 Å². The Labute approximate surface area is 159 Å². The minimum Gasteiger partial charge on any atom is -0.493 e. The lowest BCUT2D eigenvalue weighted by atomic mass is 9.90. The first-order valence-corrected chi connectivity index (χ1v) is 8.74. The normalized spacial score (nSPS) is 10.4. The van der Waals surface area contributed by atoms with E-state index in [4.69, 9.17) is 9.47 Å². The van der Waals surface area contributed by atoms with E-state index >= 15 is 0 Å². The summed E-state index contributed by atoms with van der Waals surface area (Å²) >= 11 is 0. The Morgan fingerprint density at radius 2 is 1.41 bits per heavy atom. The van der Waals surface area contributed by atoms with Gasteiger partial charge in [0.15, 0.2) is 11.5 Å². The molecule has 0 saturated carbocycles. The molecule has 3 aromatic rings. The third-order valence-electron chi connectivity index (χ3n) is 4.67. The Balaban J connectivity index is 2.32. The number of hydrogen-bond donors (Lipinski definition) is 1. The second kappa shape index (κ2) is 7.96. The molecule has 0 unspecified atom stereocenters. The van der Waals surface area contributed by atoms with Crippen molar-refractivity contribution in [2.24, 2.45) is 0 Å². The summed E-state index contributed by atoms with van der Waals surface area (Å²) in [7, 11) is 4.73. The van der Waals surface area contributed by atoms with Crippen LogP contribution < -0.4 is 14.8 Å². The third-order valence-corrected chi connectivity index (χ3v) is 4.67. The Kier molecular flexibility index (Phi) is 5.46. The van der Waals surface area contributed by atoms with Gasteiger partial charge in [-0.2, -0.15) is 0 Å². The molecule has 0 aliphatic rings. The Morgan fingerprint density at radius 1 is 0.815 bits per heavy atom. The fourth-order valence-corrected chi connectivity index (χ4v) is 3.35. The number of amides is 1. The van der Waals surface area contributed by atoms with Crippen molar-refractivity contribution in [3.05, 3.63) is 71.8 Å². The average Bonchev–Trinajstić information content (AvgIpc) is 2.73. The molecule has 0 saturated heterocycles. The van der Waals surface area contributed by atoms with E-state index in [0.29, 0.717) is 17.1 Å². The van der Waals surface area contributed by atoms with Gasteiger partial charge >= 0.3 is 0 Å². The summed E-state index contributed by atoms with van der Waals surface area (Å²) in [6.07, 6.45) is 0. The number of hydrogen-bond acceptors (Lipinski definition) is 3. The molecular formula is C23H23NO3. The molecule has 138 valence electrons. The molecular weight excluding hydrogens is 338 g/mol. The van der Waals surface area contributed by atoms with E-state index in [1.54, 1.807) is 21.3 Å². The summed E-state index contributed by atoms with van der Waals surface area (Å²) in [5.41, 5.74) is 5.55. The molecule has 3 rings (SSSR count). The Hall–Kier alpha value is -3.27. The van der Waals surface area contributed by atoms with Gasteiger partial charge in [0, 0.05) is 12.6 Å². The maximum atomic E-state index is 12.5. The number of carbonyl (C=O) groups is 1. The smallest absolute Gasteiger partial charge is 0.254 e. The molecule has 4 nitrogen and oxygen atoms in total. The molecule has 0 aliphatic carbocycles. The second-order valence-corrected chi connectivity index (χ2v) is 6.15. The van der Waals surface area contributed by atoms with Crippen molar-refractivity contribution in [1.29, 1.82) is 0 Å². The summed E-state index contributed by atoms with van der Waals surface area (Å²) in [5, 5.41) is 2.68. The van der Waals surface area contributed by atoms with Crippen molar-refractivity contribution in [3.63, 3.8) is 0 Å². The molecule has 0 aliphatic heterocycles. The van der Waals surface area contributed by atoms with Crippen LogP contribution in [0.15, 0.2) is 60.7 Å². The van der Waals surface area contributed by atoms with E-state index in [1.807, 2.05) is 43.3 Å². The van der Waals surface area contributed by atoms with Gasteiger partial charge in [-0.15, -0.1) is 0 Å². The zero-order valence-corrected chi connectivity index (χ0v) is 16.0. The van der Waals surface area contributed by atoms with E-state index in [1.165, 1.54) is 0 Å². The number of methoxy groups -OCH3 is 2. The number of ether oxygens (including phenoxy) is 2. The SMILES string of the molecule is CNC(=O)c1cc(-c2ccccc2-c2ccccc2)c(C)c(OC)c1OC. The number of nitrogens with one attached hydrogen (secondary N) is 1. The number of benzene rings is 3. The summed E-state index contributed by atoms with van der Waals surface area (Å²) in [6, 6.07) is 20.2. The number of carbonyl (C=O) groups excluding carboxylic acids is 1. The molecule has 0 atom stereocenters. The van der Waals surface area contributed by atoms with Gasteiger partial charge in [-0.1, -0.05) is 54.6 Å². The van der Waals surface area contributed by atoms with Crippen LogP contribution in [0.5, 0.6) is 11.5 Å². The molecule has 0 radical (unpaired) electrons. The summed E-state index contributed by atoms with van der Waals surface area (Å²) in [5.74, 6) is 0.787. The van der Waals surface area contributed by atoms with Gasteiger partial charge in [-0.3, -0.25) is 4.79 Å². The zero-order valence-electron chi connectivity index (χ0n) is 16.0. The van der Waals surface area contributed by atoms with Gasteiger partial charge in [0.1, 0.15) is 0 Å². The highest BCUT2D eigenvalue weighted by atomic mass is 16.5. The number of rotatable bonds is 5. The summed E-state index contributed by atoms with van der Waals surface area (Å²) < 4.78 is 11.1. The lowest BCUT2D eigenvalue weighted by Gasteiger charge is -2.19. The van der Waals surface area contributed by atoms with Crippen LogP contribution in [-0.2, 0) is 0 Å². The van der Waals surface area contributed by atoms with E-state index in [0.717, 1.165) is 27.8 Å². The monoisotopic (exact) mass is 361 g/mol. The largest absolute Gasteiger partial charge is 0.493 e. The molecule has 0 heterocycles. The van der Waals surface area contributed by atoms with Crippen molar-refractivity contribution in [2.75, 3.05) is 21.3 Å². The highest BCUT2D eigenvalue weighted by Gasteiger charge is 2.23. The molecule has 0 spiro atoms. The maximum Gasteiger partial charge on any atom is 0.254 e. The van der Waals surface area contributed by atoms with Gasteiger partial charge in [0.05, 0.1) is 19.8 Å². The molecule has 0 aromatic heterocycles. The van der Waals surface area contributed by atoms with E-state index < -0.39 is 0 Å². The third kappa shape index (κ3) is 3.38. The van der Waals surface area contributed by atoms with Gasteiger partial charge in [0.25, 0.3) is 5.91 Å². The highest BCUT2D eigenvalue weighted by Crippen LogP contribution is 2.43. The minimum atomic E-state index is -0.219. The average molecular weight is 361 g/mol. The van der Waals surface area contributed by atoms with Crippen molar-refractivity contribution in [3.8, 4) is 33.8 Å². The molecule has 3 aromatic carbocycles. The predicted molar refractivity (Wildman–Crippen MR) is 109 cm³/mol. The molecule has 0 fully saturated rings. The van der Waals surface area contributed by atoms with Gasteiger partial charge in [0.2, 0.25) is 0 Å². The van der Waals surface area contributed by atoms with Crippen molar-refractivity contribution < 1.29 is 14.3 Å². The van der Waals surface area contributed by atoms with Gasteiger partial charge in [-0.05, 0) is 35.2 Å². The summed E-state index contributed by atoms with van der Waals surface area (Å²) in [6.45, 7) is 1.98. The van der Waals surface area contributed by atoms with Crippen LogP contribution in [0.3, 0.4) is 0 Å². The fourth-order valence-electron chi connectivity index (χ4n) is 3.35. The van der Waals surface area contributed by atoms with Crippen LogP contribution in [0.2, 0.25) is 0 Å². The van der Waals surface area contributed by atoms with E-state index in [-0.39, 0.29) is 5.91 Å². The second-order valence-electron chi connectivity index (χ2n) is 6.15. The molecule has 4 heteroatoms. The quantitative estimate of drug-likeness (QED) is 0.716. The van der Waals surface area contributed by atoms with E-state index in [2.05, 4.69) is 29.6 Å². The van der Waals surface area contributed by atoms with Crippen LogP contribution >= 0.6 is 0 Å². The Morgan fingerprint density at radius 3 is 2.00 bits per heavy atom. The van der Waals surface area contributed by atoms with Crippen molar-refractivity contribution in [2.45, 2.75) is 6.92 Å². The van der Waals surface area contributed by atoms with Crippen LogP contribution in [0.25, 0.3) is 22.3 Å². The molecule has 1 N–H and O–H groups in total. The van der Waals surface area contributed by atoms with Crippen LogP contribution in [0.1, 0.15) is 15.9 Å². The summed E-state index contributed by atoms with van der Waals surface area (Å²) in [4.78, 5) is 12.5. The first kappa shape index (κ1) is 18.5. The van der Waals surface area contributed by atoms with Crippen molar-refractivity contribution >= 4 is 5.91 Å². The molecule has 0 bridgehead atoms. The van der Waals surface area contributed by atoms with Crippen LogP contribution in [-0.4, -0.2) is 27.2 Å². The zero-order chi connectivity index (χ0) is 19.4. The van der Waals surface area contributed by atoms with Crippen molar-refractivity contribution in [1.82, 2.24) is 5.32 Å². The van der Waals surface area contributed by atoms with Gasteiger partial charge in [-0.25, -0.2) is 0 Å². The maximum absolute atomic E-state index is 12.5. The van der Waals surface area contributed by atoms with E-state index in [9.17, 15) is 4.79 Å². The lowest BCUT2D eigenvalue weighted by Crippen LogP contribution is -2.19. The molecule has 1 amide bonds. The Bertz CT molecular complexity index is 965. The fraction of sp³-hybridized carbons (Fsp3) is 0.174. The van der Waals surface area contributed by atoms with Crippen LogP contribution in [0.4, 0.5) is 0 Å². The first-order valence-electron chi connectivity index (χ1n) is 8.74. The lowest BCUT2D eigenvalue weighted by molar-refractivity contribution is 0.0959.